The third-order valence-corrected chi connectivity index (χ3v) is 4.66. The lowest BCUT2D eigenvalue weighted by atomic mass is 9.92. The van der Waals surface area contributed by atoms with Crippen LogP contribution in [0.4, 0.5) is 10.5 Å². The number of benzene rings is 2. The van der Waals surface area contributed by atoms with Gasteiger partial charge in [0.1, 0.15) is 12.1 Å². The molecule has 3 rings (SSSR count). The summed E-state index contributed by atoms with van der Waals surface area (Å²) >= 11 is 12.0. The first-order valence-electron chi connectivity index (χ1n) is 7.76. The van der Waals surface area contributed by atoms with Crippen LogP contribution in [0, 0.1) is 0 Å². The van der Waals surface area contributed by atoms with E-state index in [9.17, 15) is 14.4 Å². The van der Waals surface area contributed by atoms with Crippen LogP contribution in [0.5, 0.6) is 0 Å². The van der Waals surface area contributed by atoms with Gasteiger partial charge in [-0.1, -0.05) is 47.5 Å². The van der Waals surface area contributed by atoms with E-state index in [0.717, 1.165) is 4.90 Å². The van der Waals surface area contributed by atoms with Gasteiger partial charge in [0.15, 0.2) is 0 Å². The van der Waals surface area contributed by atoms with Crippen molar-refractivity contribution in [3.63, 3.8) is 0 Å². The Balaban J connectivity index is 1.77. The van der Waals surface area contributed by atoms with Crippen LogP contribution in [0.25, 0.3) is 0 Å². The second-order valence-corrected chi connectivity index (χ2v) is 6.83. The summed E-state index contributed by atoms with van der Waals surface area (Å²) in [5.41, 5.74) is -0.382. The van der Waals surface area contributed by atoms with Crippen LogP contribution in [0.15, 0.2) is 48.5 Å². The molecule has 0 radical (unpaired) electrons. The molecule has 0 aromatic heterocycles. The van der Waals surface area contributed by atoms with Crippen molar-refractivity contribution in [3.05, 3.63) is 64.1 Å². The lowest BCUT2D eigenvalue weighted by Crippen LogP contribution is -2.42. The number of nitrogens with zero attached hydrogens (tertiary/aromatic N) is 1. The molecule has 134 valence electrons. The van der Waals surface area contributed by atoms with Gasteiger partial charge in [0.05, 0.1) is 0 Å². The first-order chi connectivity index (χ1) is 12.3. The van der Waals surface area contributed by atoms with Crippen molar-refractivity contribution in [1.82, 2.24) is 10.2 Å². The van der Waals surface area contributed by atoms with Crippen LogP contribution in [0.3, 0.4) is 0 Å². The lowest BCUT2D eigenvalue weighted by Gasteiger charge is -2.23. The first-order valence-corrected chi connectivity index (χ1v) is 8.51. The minimum absolute atomic E-state index is 0.355. The maximum atomic E-state index is 12.8. The number of urea groups is 1. The second kappa shape index (κ2) is 6.97. The summed E-state index contributed by atoms with van der Waals surface area (Å²) in [6, 6.07) is 12.7. The number of anilines is 1. The number of rotatable bonds is 4. The Morgan fingerprint density at radius 2 is 1.88 bits per heavy atom. The zero-order chi connectivity index (χ0) is 18.9. The molecule has 2 aromatic carbocycles. The Labute approximate surface area is 160 Å². The van der Waals surface area contributed by atoms with Crippen molar-refractivity contribution >= 4 is 46.7 Å². The summed E-state index contributed by atoms with van der Waals surface area (Å²) in [6.45, 7) is 1.14. The van der Waals surface area contributed by atoms with Gasteiger partial charge < -0.3 is 10.6 Å². The number of imide groups is 1. The molecule has 0 spiro atoms. The van der Waals surface area contributed by atoms with Gasteiger partial charge in [-0.2, -0.15) is 0 Å². The zero-order valence-electron chi connectivity index (χ0n) is 13.8. The maximum absolute atomic E-state index is 12.8. The van der Waals surface area contributed by atoms with Crippen molar-refractivity contribution in [2.24, 2.45) is 0 Å². The summed E-state index contributed by atoms with van der Waals surface area (Å²) in [5.74, 6) is -1.06. The molecule has 1 atom stereocenters. The highest BCUT2D eigenvalue weighted by atomic mass is 35.5. The van der Waals surface area contributed by atoms with Gasteiger partial charge in [-0.25, -0.2) is 4.79 Å². The summed E-state index contributed by atoms with van der Waals surface area (Å²) in [5, 5.41) is 6.04. The highest BCUT2D eigenvalue weighted by Crippen LogP contribution is 2.33. The minimum Gasteiger partial charge on any atom is -0.324 e. The van der Waals surface area contributed by atoms with Crippen molar-refractivity contribution in [2.45, 2.75) is 12.5 Å². The van der Waals surface area contributed by atoms with Crippen LogP contribution in [-0.4, -0.2) is 29.3 Å². The molecule has 1 fully saturated rings. The van der Waals surface area contributed by atoms with Crippen LogP contribution >= 0.6 is 23.2 Å². The number of nitrogens with one attached hydrogen (secondary N) is 2. The van der Waals surface area contributed by atoms with Crippen LogP contribution in [0.1, 0.15) is 12.5 Å². The minimum atomic E-state index is -1.33. The summed E-state index contributed by atoms with van der Waals surface area (Å²) < 4.78 is 0. The normalized spacial score (nSPS) is 19.4. The van der Waals surface area contributed by atoms with Crippen LogP contribution < -0.4 is 10.6 Å². The molecule has 4 amide bonds. The molecule has 26 heavy (non-hydrogen) atoms. The van der Waals surface area contributed by atoms with E-state index in [-0.39, 0.29) is 0 Å². The topological polar surface area (TPSA) is 78.5 Å². The first kappa shape index (κ1) is 18.2. The van der Waals surface area contributed by atoms with Crippen LogP contribution in [-0.2, 0) is 15.1 Å². The van der Waals surface area contributed by atoms with E-state index in [1.54, 1.807) is 55.5 Å². The zero-order valence-corrected chi connectivity index (χ0v) is 15.3. The van der Waals surface area contributed by atoms with Crippen molar-refractivity contribution in [2.75, 3.05) is 11.9 Å². The average Bonchev–Trinajstić information content (AvgIpc) is 2.79. The second-order valence-electron chi connectivity index (χ2n) is 5.98. The summed E-state index contributed by atoms with van der Waals surface area (Å²) in [6.07, 6.45) is 0. The Hall–Kier alpha value is -2.57. The number of amides is 4. The molecule has 0 unspecified atom stereocenters. The standard InChI is InChI=1S/C18H15Cl2N3O3/c1-18(13-7-2-3-8-14(13)20)16(25)23(17(26)22-18)10-15(24)21-12-6-4-5-11(19)9-12/h2-9H,10H2,1H3,(H,21,24)(H,22,26)/t18-/m1/s1. The fourth-order valence-corrected chi connectivity index (χ4v) is 3.32. The molecule has 1 heterocycles. The van der Waals surface area contributed by atoms with Gasteiger partial charge in [0, 0.05) is 21.3 Å². The lowest BCUT2D eigenvalue weighted by molar-refractivity contribution is -0.133. The van der Waals surface area contributed by atoms with E-state index in [2.05, 4.69) is 10.6 Å². The highest BCUT2D eigenvalue weighted by molar-refractivity contribution is 6.32. The molecular weight excluding hydrogens is 377 g/mol. The third kappa shape index (κ3) is 3.38. The number of halogens is 2. The Morgan fingerprint density at radius 3 is 2.58 bits per heavy atom. The van der Waals surface area contributed by atoms with E-state index < -0.39 is 29.9 Å². The number of carbonyl (C=O) groups excluding carboxylic acids is 3. The molecule has 8 heteroatoms. The molecule has 0 aliphatic carbocycles. The van der Waals surface area contributed by atoms with E-state index in [1.807, 2.05) is 0 Å². The summed E-state index contributed by atoms with van der Waals surface area (Å²) in [7, 11) is 0. The van der Waals surface area contributed by atoms with Gasteiger partial charge in [0.25, 0.3) is 5.91 Å². The van der Waals surface area contributed by atoms with Crippen molar-refractivity contribution in [1.29, 1.82) is 0 Å². The average molecular weight is 392 g/mol. The quantitative estimate of drug-likeness (QED) is 0.783. The van der Waals surface area contributed by atoms with E-state index in [1.165, 1.54) is 0 Å². The maximum Gasteiger partial charge on any atom is 0.325 e. The van der Waals surface area contributed by atoms with Gasteiger partial charge in [0.2, 0.25) is 5.91 Å². The van der Waals surface area contributed by atoms with Crippen LogP contribution in [0.2, 0.25) is 10.0 Å². The van der Waals surface area contributed by atoms with E-state index in [0.29, 0.717) is 21.3 Å². The fraction of sp³-hybridized carbons (Fsp3) is 0.167. The number of hydrogen-bond acceptors (Lipinski definition) is 3. The Morgan fingerprint density at radius 1 is 1.15 bits per heavy atom. The molecular formula is C18H15Cl2N3O3. The predicted octanol–water partition coefficient (Wildman–Crippen LogP) is 3.40. The van der Waals surface area contributed by atoms with E-state index >= 15 is 0 Å². The van der Waals surface area contributed by atoms with Gasteiger partial charge in [-0.05, 0) is 31.2 Å². The largest absolute Gasteiger partial charge is 0.325 e. The monoisotopic (exact) mass is 391 g/mol. The molecule has 0 saturated carbocycles. The molecule has 6 nitrogen and oxygen atoms in total. The highest BCUT2D eigenvalue weighted by Gasteiger charge is 2.50. The summed E-state index contributed by atoms with van der Waals surface area (Å²) in [4.78, 5) is 38.2. The van der Waals surface area contributed by atoms with Gasteiger partial charge in [-0.3, -0.25) is 14.5 Å². The Bertz CT molecular complexity index is 903. The van der Waals surface area contributed by atoms with Crippen molar-refractivity contribution < 1.29 is 14.4 Å². The molecule has 0 bridgehead atoms. The molecule has 2 N–H and O–H groups in total. The predicted molar refractivity (Wildman–Crippen MR) is 99.1 cm³/mol. The number of carbonyl (C=O) groups is 3. The van der Waals surface area contributed by atoms with Gasteiger partial charge in [-0.15, -0.1) is 0 Å². The number of hydrogen-bond donors (Lipinski definition) is 2. The molecule has 1 aliphatic rings. The van der Waals surface area contributed by atoms with E-state index in [4.69, 9.17) is 23.2 Å². The third-order valence-electron chi connectivity index (χ3n) is 4.10. The Kier molecular flexibility index (Phi) is 4.89. The van der Waals surface area contributed by atoms with Crippen molar-refractivity contribution in [3.8, 4) is 0 Å². The SMILES string of the molecule is C[C@]1(c2ccccc2Cl)NC(=O)N(CC(=O)Nc2cccc(Cl)c2)C1=O. The fourth-order valence-electron chi connectivity index (χ4n) is 2.80. The molecule has 2 aromatic rings. The van der Waals surface area contributed by atoms with Gasteiger partial charge >= 0.3 is 6.03 Å². The smallest absolute Gasteiger partial charge is 0.324 e. The molecule has 1 aliphatic heterocycles. The molecule has 1 saturated heterocycles.